The number of halogens is 4. The van der Waals surface area contributed by atoms with Gasteiger partial charge in [0, 0.05) is 25.7 Å². The molecule has 0 aliphatic carbocycles. The van der Waals surface area contributed by atoms with Crippen LogP contribution in [0.4, 0.5) is 19.0 Å². The van der Waals surface area contributed by atoms with Gasteiger partial charge in [0.25, 0.3) is 0 Å². The topological polar surface area (TPSA) is 32.3 Å². The van der Waals surface area contributed by atoms with Crippen molar-refractivity contribution in [2.45, 2.75) is 19.5 Å². The quantitative estimate of drug-likeness (QED) is 0.756. The highest BCUT2D eigenvalue weighted by molar-refractivity contribution is 6.28. The van der Waals surface area contributed by atoms with Crippen LogP contribution in [0, 0.1) is 0 Å². The van der Waals surface area contributed by atoms with Gasteiger partial charge in [0.15, 0.2) is 5.69 Å². The summed E-state index contributed by atoms with van der Waals surface area (Å²) < 4.78 is 38.2. The Morgan fingerprint density at radius 2 is 1.80 bits per heavy atom. The van der Waals surface area contributed by atoms with Gasteiger partial charge in [-0.25, -0.2) is 9.97 Å². The normalized spacial score (nSPS) is 12.0. The fraction of sp³-hybridized carbons (Fsp3) is 0.667. The van der Waals surface area contributed by atoms with Gasteiger partial charge in [0.1, 0.15) is 5.82 Å². The minimum absolute atomic E-state index is 0.209. The molecule has 20 heavy (non-hydrogen) atoms. The molecule has 1 rings (SSSR count). The van der Waals surface area contributed by atoms with E-state index in [4.69, 9.17) is 11.6 Å². The third kappa shape index (κ3) is 5.13. The summed E-state index contributed by atoms with van der Waals surface area (Å²) >= 11 is 5.60. The lowest BCUT2D eigenvalue weighted by Crippen LogP contribution is -2.33. The van der Waals surface area contributed by atoms with Crippen molar-refractivity contribution in [3.8, 4) is 0 Å². The number of aromatic nitrogens is 2. The Morgan fingerprint density at radius 1 is 1.15 bits per heavy atom. The zero-order valence-electron chi connectivity index (χ0n) is 11.7. The van der Waals surface area contributed by atoms with Crippen LogP contribution in [-0.2, 0) is 6.18 Å². The molecule has 0 aliphatic heterocycles. The summed E-state index contributed by atoms with van der Waals surface area (Å²) in [7, 11) is 3.80. The smallest absolute Gasteiger partial charge is 0.355 e. The predicted octanol–water partition coefficient (Wildman–Crippen LogP) is 2.93. The molecule has 0 bridgehead atoms. The van der Waals surface area contributed by atoms with E-state index in [1.54, 1.807) is 4.90 Å². The zero-order chi connectivity index (χ0) is 15.3. The molecule has 0 atom stereocenters. The van der Waals surface area contributed by atoms with E-state index >= 15 is 0 Å². The second-order valence-corrected chi connectivity index (χ2v) is 5.01. The van der Waals surface area contributed by atoms with Crippen molar-refractivity contribution in [2.75, 3.05) is 38.6 Å². The fourth-order valence-corrected chi connectivity index (χ4v) is 1.82. The summed E-state index contributed by atoms with van der Waals surface area (Å²) in [4.78, 5) is 10.9. The molecular formula is C12H18ClF3N4. The Hall–Kier alpha value is -1.08. The number of anilines is 1. The zero-order valence-corrected chi connectivity index (χ0v) is 12.5. The van der Waals surface area contributed by atoms with Gasteiger partial charge >= 0.3 is 6.18 Å². The molecule has 0 fully saturated rings. The number of rotatable bonds is 6. The lowest BCUT2D eigenvalue weighted by Gasteiger charge is -2.25. The summed E-state index contributed by atoms with van der Waals surface area (Å²) in [6.45, 7) is 3.85. The van der Waals surface area contributed by atoms with Crippen LogP contribution in [0.1, 0.15) is 19.0 Å². The summed E-state index contributed by atoms with van der Waals surface area (Å²) in [5, 5.41) is -0.388. The van der Waals surface area contributed by atoms with E-state index in [0.29, 0.717) is 19.6 Å². The Balaban J connectivity index is 3.03. The first kappa shape index (κ1) is 17.0. The van der Waals surface area contributed by atoms with E-state index in [0.717, 1.165) is 12.5 Å². The van der Waals surface area contributed by atoms with E-state index in [-0.39, 0.29) is 11.1 Å². The highest BCUT2D eigenvalue weighted by atomic mass is 35.5. The molecule has 1 aromatic rings. The van der Waals surface area contributed by atoms with Crippen molar-refractivity contribution in [1.29, 1.82) is 0 Å². The molecule has 0 saturated heterocycles. The molecular weight excluding hydrogens is 293 g/mol. The maximum absolute atomic E-state index is 12.7. The Kier molecular flexibility index (Phi) is 6.01. The summed E-state index contributed by atoms with van der Waals surface area (Å²) in [6, 6.07) is 0.942. The summed E-state index contributed by atoms with van der Waals surface area (Å²) in [6.07, 6.45) is -3.73. The third-order valence-electron chi connectivity index (χ3n) is 2.61. The molecule has 8 heteroatoms. The molecule has 0 radical (unpaired) electrons. The molecule has 4 nitrogen and oxygen atoms in total. The lowest BCUT2D eigenvalue weighted by molar-refractivity contribution is -0.141. The number of nitrogens with zero attached hydrogens (tertiary/aromatic N) is 4. The molecule has 0 N–H and O–H groups in total. The van der Waals surface area contributed by atoms with Gasteiger partial charge in [-0.2, -0.15) is 13.2 Å². The Morgan fingerprint density at radius 3 is 2.30 bits per heavy atom. The van der Waals surface area contributed by atoms with Crippen molar-refractivity contribution in [3.05, 3.63) is 17.0 Å². The Bertz CT molecular complexity index is 437. The van der Waals surface area contributed by atoms with Crippen molar-refractivity contribution >= 4 is 17.4 Å². The highest BCUT2D eigenvalue weighted by Gasteiger charge is 2.34. The van der Waals surface area contributed by atoms with E-state index in [9.17, 15) is 13.2 Å². The van der Waals surface area contributed by atoms with Gasteiger partial charge in [-0.05, 0) is 32.1 Å². The van der Waals surface area contributed by atoms with Crippen LogP contribution in [-0.4, -0.2) is 48.6 Å². The lowest BCUT2D eigenvalue weighted by atomic mass is 10.3. The SMILES string of the molecule is CCCN(CCN(C)C)c1cc(C(F)(F)F)nc(Cl)n1. The molecule has 0 spiro atoms. The number of hydrogen-bond donors (Lipinski definition) is 0. The largest absolute Gasteiger partial charge is 0.433 e. The van der Waals surface area contributed by atoms with Crippen LogP contribution in [0.2, 0.25) is 5.28 Å². The molecule has 0 saturated carbocycles. The van der Waals surface area contributed by atoms with Gasteiger partial charge in [-0.15, -0.1) is 0 Å². The van der Waals surface area contributed by atoms with Gasteiger partial charge < -0.3 is 9.80 Å². The summed E-state index contributed by atoms with van der Waals surface area (Å²) in [5.74, 6) is 0.209. The molecule has 114 valence electrons. The van der Waals surface area contributed by atoms with Crippen molar-refractivity contribution in [1.82, 2.24) is 14.9 Å². The van der Waals surface area contributed by atoms with Crippen LogP contribution in [0.15, 0.2) is 6.07 Å². The van der Waals surface area contributed by atoms with Crippen LogP contribution >= 0.6 is 11.6 Å². The third-order valence-corrected chi connectivity index (χ3v) is 2.78. The van der Waals surface area contributed by atoms with E-state index < -0.39 is 11.9 Å². The number of alkyl halides is 3. The van der Waals surface area contributed by atoms with E-state index in [1.807, 2.05) is 25.9 Å². The first-order valence-electron chi connectivity index (χ1n) is 6.25. The van der Waals surface area contributed by atoms with Crippen LogP contribution in [0.25, 0.3) is 0 Å². The van der Waals surface area contributed by atoms with Crippen LogP contribution in [0.3, 0.4) is 0 Å². The molecule has 0 unspecified atom stereocenters. The molecule has 0 aliphatic rings. The standard InChI is InChI=1S/C12H18ClF3N4/c1-4-5-20(7-6-19(2)3)10-8-9(12(14,15)16)17-11(13)18-10/h8H,4-7H2,1-3H3. The fourth-order valence-electron chi connectivity index (χ4n) is 1.64. The van der Waals surface area contributed by atoms with Gasteiger partial charge in [-0.3, -0.25) is 0 Å². The van der Waals surface area contributed by atoms with Crippen LogP contribution in [0.5, 0.6) is 0 Å². The van der Waals surface area contributed by atoms with E-state index in [1.165, 1.54) is 0 Å². The van der Waals surface area contributed by atoms with Gasteiger partial charge in [0.2, 0.25) is 5.28 Å². The number of likely N-dealkylation sites (N-methyl/N-ethyl adjacent to an activating group) is 1. The first-order chi connectivity index (χ1) is 9.24. The highest BCUT2D eigenvalue weighted by Crippen LogP contribution is 2.30. The molecule has 1 heterocycles. The summed E-state index contributed by atoms with van der Waals surface area (Å²) in [5.41, 5.74) is -1.02. The second-order valence-electron chi connectivity index (χ2n) is 4.67. The predicted molar refractivity (Wildman–Crippen MR) is 73.1 cm³/mol. The average molecular weight is 311 g/mol. The van der Waals surface area contributed by atoms with Gasteiger partial charge in [0.05, 0.1) is 0 Å². The van der Waals surface area contributed by atoms with Crippen molar-refractivity contribution < 1.29 is 13.2 Å². The number of hydrogen-bond acceptors (Lipinski definition) is 4. The minimum atomic E-state index is -4.53. The minimum Gasteiger partial charge on any atom is -0.355 e. The average Bonchev–Trinajstić information content (AvgIpc) is 2.32. The maximum atomic E-state index is 12.7. The molecule has 0 aromatic carbocycles. The van der Waals surface area contributed by atoms with Crippen molar-refractivity contribution in [2.24, 2.45) is 0 Å². The maximum Gasteiger partial charge on any atom is 0.433 e. The van der Waals surface area contributed by atoms with E-state index in [2.05, 4.69) is 9.97 Å². The monoisotopic (exact) mass is 310 g/mol. The first-order valence-corrected chi connectivity index (χ1v) is 6.63. The Labute approximate surface area is 121 Å². The van der Waals surface area contributed by atoms with Gasteiger partial charge in [-0.1, -0.05) is 6.92 Å². The van der Waals surface area contributed by atoms with Crippen molar-refractivity contribution in [3.63, 3.8) is 0 Å². The van der Waals surface area contributed by atoms with Crippen LogP contribution < -0.4 is 4.90 Å². The molecule has 1 aromatic heterocycles. The second kappa shape index (κ2) is 7.08. The molecule has 0 amide bonds.